The van der Waals surface area contributed by atoms with Crippen molar-refractivity contribution >= 4 is 5.78 Å². The van der Waals surface area contributed by atoms with Crippen LogP contribution in [0.1, 0.15) is 11.4 Å². The lowest BCUT2D eigenvalue weighted by Crippen LogP contribution is -1.98. The Kier molecular flexibility index (Phi) is 4.65. The fraction of sp³-hybridized carbons (Fsp3) is 0.200. The fourth-order valence-corrected chi connectivity index (χ4v) is 2.94. The van der Waals surface area contributed by atoms with Crippen LogP contribution in [0.15, 0.2) is 54.9 Å². The lowest BCUT2D eigenvalue weighted by molar-refractivity contribution is 0.354. The molecule has 4 rings (SSSR count). The van der Waals surface area contributed by atoms with Gasteiger partial charge in [-0.2, -0.15) is 9.50 Å². The third-order valence-electron chi connectivity index (χ3n) is 4.30. The smallest absolute Gasteiger partial charge is 0.252 e. The second-order valence-electron chi connectivity index (χ2n) is 5.97. The molecule has 0 spiro atoms. The lowest BCUT2D eigenvalue weighted by atomic mass is 10.1. The SMILES string of the molecule is COc1ccc(CCc2nc3nccc(-c4ccccn4)n3n2)cc1OC. The van der Waals surface area contributed by atoms with Gasteiger partial charge in [-0.15, -0.1) is 5.10 Å². The summed E-state index contributed by atoms with van der Waals surface area (Å²) in [4.78, 5) is 13.3. The van der Waals surface area contributed by atoms with E-state index in [-0.39, 0.29) is 0 Å². The van der Waals surface area contributed by atoms with E-state index in [1.807, 2.05) is 42.5 Å². The fourth-order valence-electron chi connectivity index (χ4n) is 2.94. The van der Waals surface area contributed by atoms with E-state index in [1.165, 1.54) is 0 Å². The van der Waals surface area contributed by atoms with Gasteiger partial charge in [-0.25, -0.2) is 4.98 Å². The van der Waals surface area contributed by atoms with E-state index in [2.05, 4.69) is 20.1 Å². The van der Waals surface area contributed by atoms with Crippen LogP contribution in [0.5, 0.6) is 11.5 Å². The maximum atomic E-state index is 5.36. The molecule has 0 aliphatic heterocycles. The van der Waals surface area contributed by atoms with Gasteiger partial charge in [0.2, 0.25) is 0 Å². The summed E-state index contributed by atoms with van der Waals surface area (Å²) in [6, 6.07) is 13.6. The second kappa shape index (κ2) is 7.41. The van der Waals surface area contributed by atoms with Crippen molar-refractivity contribution in [3.8, 4) is 22.9 Å². The molecule has 136 valence electrons. The number of benzene rings is 1. The first-order valence-electron chi connectivity index (χ1n) is 8.61. The Morgan fingerprint density at radius 1 is 0.889 bits per heavy atom. The quantitative estimate of drug-likeness (QED) is 0.526. The Morgan fingerprint density at radius 3 is 2.56 bits per heavy atom. The van der Waals surface area contributed by atoms with Gasteiger partial charge in [0, 0.05) is 18.8 Å². The van der Waals surface area contributed by atoms with Gasteiger partial charge in [0.25, 0.3) is 5.78 Å². The summed E-state index contributed by atoms with van der Waals surface area (Å²) in [5.41, 5.74) is 2.83. The molecule has 4 aromatic rings. The maximum Gasteiger partial charge on any atom is 0.252 e. The minimum Gasteiger partial charge on any atom is -0.493 e. The maximum absolute atomic E-state index is 5.36. The van der Waals surface area contributed by atoms with Gasteiger partial charge in [0.15, 0.2) is 17.3 Å². The summed E-state index contributed by atoms with van der Waals surface area (Å²) in [6.45, 7) is 0. The molecule has 3 aromatic heterocycles. The van der Waals surface area contributed by atoms with Crippen LogP contribution in [0.25, 0.3) is 17.2 Å². The third kappa shape index (κ3) is 3.44. The molecule has 7 nitrogen and oxygen atoms in total. The molecule has 0 fully saturated rings. The predicted molar refractivity (Wildman–Crippen MR) is 101 cm³/mol. The number of hydrogen-bond acceptors (Lipinski definition) is 6. The predicted octanol–water partition coefficient (Wildman–Crippen LogP) is 2.99. The molecule has 0 saturated heterocycles. The first-order valence-corrected chi connectivity index (χ1v) is 8.61. The second-order valence-corrected chi connectivity index (χ2v) is 5.97. The van der Waals surface area contributed by atoms with E-state index >= 15 is 0 Å². The van der Waals surface area contributed by atoms with Gasteiger partial charge in [0.1, 0.15) is 0 Å². The van der Waals surface area contributed by atoms with Crippen molar-refractivity contribution in [2.45, 2.75) is 12.8 Å². The van der Waals surface area contributed by atoms with Crippen LogP contribution in [0.2, 0.25) is 0 Å². The van der Waals surface area contributed by atoms with Gasteiger partial charge in [-0.3, -0.25) is 4.98 Å². The van der Waals surface area contributed by atoms with Crippen molar-refractivity contribution in [3.05, 3.63) is 66.2 Å². The molecular formula is C20H19N5O2. The molecule has 0 bridgehead atoms. The van der Waals surface area contributed by atoms with Gasteiger partial charge in [0.05, 0.1) is 25.6 Å². The summed E-state index contributed by atoms with van der Waals surface area (Å²) in [5.74, 6) is 2.74. The summed E-state index contributed by atoms with van der Waals surface area (Å²) in [5, 5.41) is 4.63. The largest absolute Gasteiger partial charge is 0.493 e. The third-order valence-corrected chi connectivity index (χ3v) is 4.30. The molecular weight excluding hydrogens is 342 g/mol. The highest BCUT2D eigenvalue weighted by molar-refractivity contribution is 5.56. The first kappa shape index (κ1) is 17.0. The number of fused-ring (bicyclic) bond motifs is 1. The summed E-state index contributed by atoms with van der Waals surface area (Å²) in [7, 11) is 3.26. The Morgan fingerprint density at radius 2 is 1.78 bits per heavy atom. The standard InChI is InChI=1S/C20H19N5O2/c1-26-17-8-6-14(13-18(17)27-2)7-9-19-23-20-22-12-10-16(25(20)24-19)15-5-3-4-11-21-15/h3-6,8,10-13H,7,9H2,1-2H3. The Balaban J connectivity index is 1.59. The summed E-state index contributed by atoms with van der Waals surface area (Å²) >= 11 is 0. The molecule has 0 N–H and O–H groups in total. The van der Waals surface area contributed by atoms with E-state index in [0.29, 0.717) is 12.2 Å². The summed E-state index contributed by atoms with van der Waals surface area (Å²) in [6.07, 6.45) is 4.97. The van der Waals surface area contributed by atoms with Crippen molar-refractivity contribution in [2.24, 2.45) is 0 Å². The topological polar surface area (TPSA) is 74.4 Å². The van der Waals surface area contributed by atoms with Crippen molar-refractivity contribution in [1.82, 2.24) is 24.6 Å². The van der Waals surface area contributed by atoms with E-state index in [0.717, 1.165) is 40.7 Å². The minimum atomic E-state index is 0.570. The molecule has 0 unspecified atom stereocenters. The number of hydrogen-bond donors (Lipinski definition) is 0. The highest BCUT2D eigenvalue weighted by atomic mass is 16.5. The molecule has 0 aliphatic carbocycles. The molecule has 0 amide bonds. The van der Waals surface area contributed by atoms with Crippen molar-refractivity contribution in [1.29, 1.82) is 0 Å². The molecule has 0 saturated carbocycles. The van der Waals surface area contributed by atoms with Crippen molar-refractivity contribution < 1.29 is 9.47 Å². The van der Waals surface area contributed by atoms with Crippen LogP contribution in [0.4, 0.5) is 0 Å². The molecule has 3 heterocycles. The highest BCUT2D eigenvalue weighted by Crippen LogP contribution is 2.28. The Bertz CT molecular complexity index is 1060. The number of aryl methyl sites for hydroxylation is 2. The Labute approximate surface area is 156 Å². The average molecular weight is 361 g/mol. The van der Waals surface area contributed by atoms with Crippen LogP contribution in [-0.4, -0.2) is 38.8 Å². The number of methoxy groups -OCH3 is 2. The van der Waals surface area contributed by atoms with Crippen LogP contribution >= 0.6 is 0 Å². The van der Waals surface area contributed by atoms with Crippen LogP contribution in [0, 0.1) is 0 Å². The number of ether oxygens (including phenoxy) is 2. The van der Waals surface area contributed by atoms with Gasteiger partial charge < -0.3 is 9.47 Å². The van der Waals surface area contributed by atoms with Crippen LogP contribution < -0.4 is 9.47 Å². The molecule has 1 aromatic carbocycles. The average Bonchev–Trinajstić information content (AvgIpc) is 3.15. The number of nitrogens with zero attached hydrogens (tertiary/aromatic N) is 5. The highest BCUT2D eigenvalue weighted by Gasteiger charge is 2.11. The van der Waals surface area contributed by atoms with Crippen molar-refractivity contribution in [2.75, 3.05) is 14.2 Å². The minimum absolute atomic E-state index is 0.570. The lowest BCUT2D eigenvalue weighted by Gasteiger charge is -2.08. The molecule has 0 atom stereocenters. The normalized spacial score (nSPS) is 10.9. The van der Waals surface area contributed by atoms with E-state index in [4.69, 9.17) is 9.47 Å². The van der Waals surface area contributed by atoms with E-state index < -0.39 is 0 Å². The van der Waals surface area contributed by atoms with Gasteiger partial charge in [-0.05, 0) is 42.3 Å². The molecule has 0 radical (unpaired) electrons. The van der Waals surface area contributed by atoms with Gasteiger partial charge >= 0.3 is 0 Å². The van der Waals surface area contributed by atoms with Crippen LogP contribution in [0.3, 0.4) is 0 Å². The zero-order valence-electron chi connectivity index (χ0n) is 15.2. The first-order chi connectivity index (χ1) is 13.3. The molecule has 7 heteroatoms. The number of rotatable bonds is 6. The van der Waals surface area contributed by atoms with E-state index in [1.54, 1.807) is 31.1 Å². The van der Waals surface area contributed by atoms with E-state index in [9.17, 15) is 0 Å². The molecule has 0 aliphatic rings. The zero-order chi connectivity index (χ0) is 18.6. The number of aromatic nitrogens is 5. The zero-order valence-corrected chi connectivity index (χ0v) is 15.2. The van der Waals surface area contributed by atoms with Crippen molar-refractivity contribution in [3.63, 3.8) is 0 Å². The summed E-state index contributed by atoms with van der Waals surface area (Å²) < 4.78 is 12.4. The Hall–Kier alpha value is -3.48. The monoisotopic (exact) mass is 361 g/mol. The number of pyridine rings is 1. The van der Waals surface area contributed by atoms with Crippen LogP contribution in [-0.2, 0) is 12.8 Å². The van der Waals surface area contributed by atoms with Gasteiger partial charge in [-0.1, -0.05) is 12.1 Å². The molecule has 27 heavy (non-hydrogen) atoms.